The standard InChI is InChI=1S/C57H39N3SSi/c1-5-19-40(20-6-1)55-58-56(43-22-17-21-41(37-43)49-31-13-14-32-50(49)42-35-36-54-52(39-42)51-33-15-16-34-53(51)61-54)60-57(59-55)44-23-18-30-48(38-44)62(45-24-7-2-8-25-45,46-26-9-3-10-27-46)47-28-11-4-12-29-47/h1-39H/i15D,16D,33D,34D,35D,36D. The van der Waals surface area contributed by atoms with E-state index >= 15 is 0 Å². The number of hydrogen-bond acceptors (Lipinski definition) is 4. The van der Waals surface area contributed by atoms with E-state index in [1.54, 1.807) is 6.07 Å². The van der Waals surface area contributed by atoms with E-state index in [1.165, 1.54) is 20.7 Å². The summed E-state index contributed by atoms with van der Waals surface area (Å²) in [5, 5.41) is 5.88. The predicted molar refractivity (Wildman–Crippen MR) is 264 cm³/mol. The first-order valence-corrected chi connectivity index (χ1v) is 23.3. The fourth-order valence-corrected chi connectivity index (χ4v) is 14.4. The Morgan fingerprint density at radius 2 is 0.790 bits per heavy atom. The molecule has 0 aliphatic heterocycles. The number of nitrogens with zero attached hydrogens (tertiary/aromatic N) is 3. The van der Waals surface area contributed by atoms with E-state index < -0.39 is 8.07 Å². The zero-order valence-electron chi connectivity index (χ0n) is 39.3. The minimum atomic E-state index is -2.87. The third kappa shape index (κ3) is 6.74. The van der Waals surface area contributed by atoms with Gasteiger partial charge in [0.25, 0.3) is 0 Å². The molecule has 0 saturated heterocycles. The van der Waals surface area contributed by atoms with Crippen molar-refractivity contribution >= 4 is 60.3 Å². The molecule has 11 rings (SSSR count). The van der Waals surface area contributed by atoms with E-state index in [0.29, 0.717) is 48.8 Å². The van der Waals surface area contributed by atoms with Crippen LogP contribution in [0.25, 0.3) is 76.6 Å². The summed E-state index contributed by atoms with van der Waals surface area (Å²) >= 11 is 1.13. The summed E-state index contributed by atoms with van der Waals surface area (Å²) in [6.07, 6.45) is 0. The number of aromatic nitrogens is 3. The highest BCUT2D eigenvalue weighted by atomic mass is 32.1. The van der Waals surface area contributed by atoms with Crippen molar-refractivity contribution in [1.82, 2.24) is 15.0 Å². The van der Waals surface area contributed by atoms with Gasteiger partial charge in [0.1, 0.15) is 0 Å². The van der Waals surface area contributed by atoms with Crippen molar-refractivity contribution in [2.24, 2.45) is 0 Å². The molecule has 0 bridgehead atoms. The lowest BCUT2D eigenvalue weighted by molar-refractivity contribution is 1.07. The summed E-state index contributed by atoms with van der Waals surface area (Å²) in [4.78, 5) is 15.5. The van der Waals surface area contributed by atoms with Gasteiger partial charge < -0.3 is 0 Å². The normalized spacial score (nSPS) is 12.9. The molecule has 292 valence electrons. The number of fused-ring (bicyclic) bond motifs is 3. The van der Waals surface area contributed by atoms with Crippen LogP contribution in [0.5, 0.6) is 0 Å². The van der Waals surface area contributed by atoms with Gasteiger partial charge >= 0.3 is 0 Å². The second-order valence-electron chi connectivity index (χ2n) is 15.1. The summed E-state index contributed by atoms with van der Waals surface area (Å²) in [5.41, 5.74) is 5.34. The Morgan fingerprint density at radius 1 is 0.339 bits per heavy atom. The minimum Gasteiger partial charge on any atom is -0.208 e. The lowest BCUT2D eigenvalue weighted by atomic mass is 9.93. The van der Waals surface area contributed by atoms with E-state index in [2.05, 4.69) is 115 Å². The Morgan fingerprint density at radius 3 is 1.42 bits per heavy atom. The molecule has 0 aliphatic carbocycles. The SMILES string of the molecule is [2H]c1c(-c2ccccc2-c2cccc(-c3nc(-c4ccccc4)nc(-c4cccc([Si](c5ccccc5)(c5ccccc5)c5ccccc5)c4)n3)c2)cc2c(sc3c([2H])c([2H])c([2H])c([2H])c32)c1[2H]. The molecule has 5 heteroatoms. The van der Waals surface area contributed by atoms with Crippen LogP contribution in [-0.2, 0) is 0 Å². The molecular weight excluding hydrogens is 787 g/mol. The molecule has 0 amide bonds. The first-order chi connectivity index (χ1) is 33.2. The van der Waals surface area contributed by atoms with E-state index in [4.69, 9.17) is 21.8 Å². The minimum absolute atomic E-state index is 0.0126. The largest absolute Gasteiger partial charge is 0.208 e. The quantitative estimate of drug-likeness (QED) is 0.107. The molecule has 0 radical (unpaired) electrons. The predicted octanol–water partition coefficient (Wildman–Crippen LogP) is 12.0. The van der Waals surface area contributed by atoms with Gasteiger partial charge in [-0.25, -0.2) is 15.0 Å². The Labute approximate surface area is 374 Å². The molecule has 3 nitrogen and oxygen atoms in total. The Kier molecular flexibility index (Phi) is 8.15. The van der Waals surface area contributed by atoms with Crippen LogP contribution in [0, 0.1) is 0 Å². The molecule has 11 aromatic rings. The van der Waals surface area contributed by atoms with Crippen LogP contribution < -0.4 is 20.7 Å². The maximum Gasteiger partial charge on any atom is 0.179 e. The number of thiophene rings is 1. The zero-order valence-corrected chi connectivity index (χ0v) is 35.1. The first-order valence-electron chi connectivity index (χ1n) is 23.4. The third-order valence-electron chi connectivity index (χ3n) is 11.5. The Hall–Kier alpha value is -7.57. The van der Waals surface area contributed by atoms with E-state index in [-0.39, 0.29) is 36.3 Å². The van der Waals surface area contributed by atoms with Crippen LogP contribution in [0.2, 0.25) is 0 Å². The van der Waals surface area contributed by atoms with Crippen molar-refractivity contribution in [3.05, 3.63) is 236 Å². The summed E-state index contributed by atoms with van der Waals surface area (Å²) in [6.45, 7) is 0. The second kappa shape index (κ2) is 16.1. The van der Waals surface area contributed by atoms with Crippen molar-refractivity contribution < 1.29 is 8.22 Å². The van der Waals surface area contributed by atoms with Gasteiger partial charge in [-0.05, 0) is 67.2 Å². The van der Waals surface area contributed by atoms with Crippen LogP contribution in [0.1, 0.15) is 8.22 Å². The first kappa shape index (κ1) is 31.3. The Bertz CT molecular complexity index is 3610. The molecule has 2 heterocycles. The van der Waals surface area contributed by atoms with Gasteiger partial charge in [-0.1, -0.05) is 212 Å². The average molecular weight is 832 g/mol. The van der Waals surface area contributed by atoms with Crippen molar-refractivity contribution in [2.75, 3.05) is 0 Å². The maximum atomic E-state index is 9.25. The third-order valence-corrected chi connectivity index (χ3v) is 17.3. The van der Waals surface area contributed by atoms with Gasteiger partial charge in [0.05, 0.1) is 8.22 Å². The fraction of sp³-hybridized carbons (Fsp3) is 0. The molecule has 0 N–H and O–H groups in total. The van der Waals surface area contributed by atoms with E-state index in [1.807, 2.05) is 78.9 Å². The van der Waals surface area contributed by atoms with Gasteiger partial charge in [-0.2, -0.15) is 0 Å². The van der Waals surface area contributed by atoms with Gasteiger partial charge in [0.15, 0.2) is 25.5 Å². The van der Waals surface area contributed by atoms with Crippen molar-refractivity contribution in [3.8, 4) is 56.4 Å². The number of rotatable bonds is 9. The second-order valence-corrected chi connectivity index (χ2v) is 19.9. The van der Waals surface area contributed by atoms with Crippen LogP contribution >= 0.6 is 11.3 Å². The summed E-state index contributed by atoms with van der Waals surface area (Å²) in [7, 11) is -2.87. The molecule has 0 aliphatic rings. The molecule has 0 atom stereocenters. The molecule has 0 unspecified atom stereocenters. The Balaban J connectivity index is 1.07. The lowest BCUT2D eigenvalue weighted by Crippen LogP contribution is -2.74. The highest BCUT2D eigenvalue weighted by Gasteiger charge is 2.41. The molecule has 0 fully saturated rings. The van der Waals surface area contributed by atoms with Gasteiger partial charge in [-0.15, -0.1) is 11.3 Å². The molecule has 0 saturated carbocycles. The molecular formula is C57H39N3SSi. The smallest absolute Gasteiger partial charge is 0.179 e. The summed E-state index contributed by atoms with van der Waals surface area (Å²) < 4.78 is 53.3. The van der Waals surface area contributed by atoms with E-state index in [9.17, 15) is 1.37 Å². The monoisotopic (exact) mass is 831 g/mol. The van der Waals surface area contributed by atoms with Gasteiger partial charge in [0.2, 0.25) is 0 Å². The fourth-order valence-electron chi connectivity index (χ4n) is 8.62. The number of benzene rings is 9. The molecule has 2 aromatic heterocycles. The van der Waals surface area contributed by atoms with Gasteiger partial charge in [-0.3, -0.25) is 0 Å². The zero-order chi connectivity index (χ0) is 46.5. The highest BCUT2D eigenvalue weighted by Crippen LogP contribution is 2.39. The van der Waals surface area contributed by atoms with Crippen molar-refractivity contribution in [1.29, 1.82) is 0 Å². The topological polar surface area (TPSA) is 38.7 Å². The average Bonchev–Trinajstić information content (AvgIpc) is 3.80. The van der Waals surface area contributed by atoms with E-state index in [0.717, 1.165) is 39.2 Å². The van der Waals surface area contributed by atoms with Crippen LogP contribution in [0.3, 0.4) is 0 Å². The van der Waals surface area contributed by atoms with Crippen LogP contribution in [-0.4, -0.2) is 23.0 Å². The molecule has 0 spiro atoms. The molecule has 9 aromatic carbocycles. The van der Waals surface area contributed by atoms with Gasteiger partial charge in [0, 0.05) is 36.9 Å². The maximum absolute atomic E-state index is 9.25. The summed E-state index contributed by atoms with van der Waals surface area (Å²) in [5.74, 6) is 1.57. The highest BCUT2D eigenvalue weighted by molar-refractivity contribution is 7.25. The molecule has 62 heavy (non-hydrogen) atoms. The van der Waals surface area contributed by atoms with Crippen LogP contribution in [0.4, 0.5) is 0 Å². The van der Waals surface area contributed by atoms with Crippen LogP contribution in [0.15, 0.2) is 236 Å². The van der Waals surface area contributed by atoms with Crippen molar-refractivity contribution in [2.45, 2.75) is 0 Å². The summed E-state index contributed by atoms with van der Waals surface area (Å²) in [6, 6.07) is 67.7. The van der Waals surface area contributed by atoms with Crippen molar-refractivity contribution in [3.63, 3.8) is 0 Å². The number of hydrogen-bond donors (Lipinski definition) is 0. The lowest BCUT2D eigenvalue weighted by Gasteiger charge is -2.34.